The molecule has 0 unspecified atom stereocenters. The zero-order valence-electron chi connectivity index (χ0n) is 15.4. The molecule has 29 heavy (non-hydrogen) atoms. The van der Waals surface area contributed by atoms with Gasteiger partial charge in [-0.15, -0.1) is 24.8 Å². The normalized spacial score (nSPS) is 15.3. The predicted octanol–water partition coefficient (Wildman–Crippen LogP) is 4.76. The Morgan fingerprint density at radius 2 is 2.03 bits per heavy atom. The first-order chi connectivity index (χ1) is 13.2. The number of nitrogens with one attached hydrogen (secondary N) is 2. The topological polar surface area (TPSA) is 68.3 Å². The van der Waals surface area contributed by atoms with E-state index in [9.17, 15) is 4.39 Å². The Kier molecular flexibility index (Phi) is 8.10. The van der Waals surface area contributed by atoms with Gasteiger partial charge in [-0.05, 0) is 31.2 Å². The van der Waals surface area contributed by atoms with Crippen LogP contribution in [0.25, 0.3) is 10.9 Å². The first-order valence-corrected chi connectivity index (χ1v) is 8.94. The van der Waals surface area contributed by atoms with E-state index >= 15 is 0 Å². The summed E-state index contributed by atoms with van der Waals surface area (Å²) in [5, 5.41) is 6.97. The van der Waals surface area contributed by atoms with Crippen LogP contribution in [0.4, 0.5) is 15.9 Å². The number of benzene rings is 2. The number of fused-ring (bicyclic) bond motifs is 1. The summed E-state index contributed by atoms with van der Waals surface area (Å²) < 4.78 is 25.8. The molecule has 2 N–H and O–H groups in total. The van der Waals surface area contributed by atoms with Gasteiger partial charge in [0.05, 0.1) is 23.3 Å². The van der Waals surface area contributed by atoms with Crippen molar-refractivity contribution in [3.8, 4) is 11.5 Å². The number of ether oxygens (including phenoxy) is 2. The second-order valence-corrected chi connectivity index (χ2v) is 6.61. The van der Waals surface area contributed by atoms with E-state index in [0.29, 0.717) is 28.2 Å². The van der Waals surface area contributed by atoms with Gasteiger partial charge in [0.2, 0.25) is 0 Å². The lowest BCUT2D eigenvalue weighted by atomic mass is 10.2. The van der Waals surface area contributed by atoms with Crippen molar-refractivity contribution in [2.45, 2.75) is 12.5 Å². The number of methoxy groups -OCH3 is 1. The molecule has 1 fully saturated rings. The number of nitrogens with zero attached hydrogens (tertiary/aromatic N) is 2. The second kappa shape index (κ2) is 10.1. The maximum absolute atomic E-state index is 14.2. The Bertz CT molecular complexity index is 987. The van der Waals surface area contributed by atoms with Crippen molar-refractivity contribution in [3.63, 3.8) is 0 Å². The lowest BCUT2D eigenvalue weighted by molar-refractivity contribution is 0.213. The van der Waals surface area contributed by atoms with Gasteiger partial charge in [0.15, 0.2) is 17.3 Å². The summed E-state index contributed by atoms with van der Waals surface area (Å²) in [4.78, 5) is 8.55. The van der Waals surface area contributed by atoms with E-state index in [1.165, 1.54) is 12.4 Å². The Morgan fingerprint density at radius 3 is 2.76 bits per heavy atom. The van der Waals surface area contributed by atoms with E-state index in [0.717, 1.165) is 19.5 Å². The van der Waals surface area contributed by atoms with Crippen molar-refractivity contribution >= 4 is 58.8 Å². The Labute approximate surface area is 185 Å². The minimum Gasteiger partial charge on any atom is -0.493 e. The summed E-state index contributed by atoms with van der Waals surface area (Å²) in [6, 6.07) is 8.35. The monoisotopic (exact) mass is 460 g/mol. The summed E-state index contributed by atoms with van der Waals surface area (Å²) in [5.74, 6) is 1.11. The van der Waals surface area contributed by atoms with Crippen LogP contribution in [-0.2, 0) is 0 Å². The van der Waals surface area contributed by atoms with Crippen LogP contribution in [0.1, 0.15) is 6.42 Å². The molecular weight excluding hydrogens is 442 g/mol. The Hall–Kier alpha value is -2.06. The molecule has 0 radical (unpaired) electrons. The molecule has 3 aromatic rings. The zero-order valence-corrected chi connectivity index (χ0v) is 17.8. The van der Waals surface area contributed by atoms with Crippen molar-refractivity contribution < 1.29 is 13.9 Å². The zero-order chi connectivity index (χ0) is 18.8. The highest BCUT2D eigenvalue weighted by Crippen LogP contribution is 2.36. The quantitative estimate of drug-likeness (QED) is 0.571. The van der Waals surface area contributed by atoms with Crippen molar-refractivity contribution in [3.05, 3.63) is 47.5 Å². The molecule has 156 valence electrons. The number of halogens is 4. The Morgan fingerprint density at radius 1 is 1.21 bits per heavy atom. The number of aromatic nitrogens is 2. The van der Waals surface area contributed by atoms with Crippen LogP contribution in [0.2, 0.25) is 5.02 Å². The maximum atomic E-state index is 14.2. The first-order valence-electron chi connectivity index (χ1n) is 8.57. The van der Waals surface area contributed by atoms with Gasteiger partial charge in [-0.1, -0.05) is 17.7 Å². The minimum atomic E-state index is -0.536. The summed E-state index contributed by atoms with van der Waals surface area (Å²) in [5.41, 5.74) is 0.899. The molecule has 0 bridgehead atoms. The van der Waals surface area contributed by atoms with Gasteiger partial charge in [0.1, 0.15) is 18.2 Å². The van der Waals surface area contributed by atoms with E-state index in [1.807, 2.05) is 6.07 Å². The third-order valence-electron chi connectivity index (χ3n) is 4.43. The molecule has 1 saturated heterocycles. The number of rotatable bonds is 5. The molecule has 6 nitrogen and oxygen atoms in total. The fourth-order valence-corrected chi connectivity index (χ4v) is 3.23. The van der Waals surface area contributed by atoms with Crippen LogP contribution in [0.15, 0.2) is 36.7 Å². The van der Waals surface area contributed by atoms with E-state index < -0.39 is 5.82 Å². The van der Waals surface area contributed by atoms with Crippen LogP contribution >= 0.6 is 36.4 Å². The highest BCUT2D eigenvalue weighted by Gasteiger charge is 2.19. The fraction of sp³-hybridized carbons (Fsp3) is 0.263. The van der Waals surface area contributed by atoms with Gasteiger partial charge in [-0.3, -0.25) is 0 Å². The van der Waals surface area contributed by atoms with Crippen molar-refractivity contribution in [2.75, 3.05) is 25.5 Å². The van der Waals surface area contributed by atoms with E-state index in [-0.39, 0.29) is 41.6 Å². The third kappa shape index (κ3) is 4.93. The molecule has 0 spiro atoms. The predicted molar refractivity (Wildman–Crippen MR) is 117 cm³/mol. The van der Waals surface area contributed by atoms with E-state index in [4.69, 9.17) is 21.1 Å². The second-order valence-electron chi connectivity index (χ2n) is 6.20. The lowest BCUT2D eigenvalue weighted by Gasteiger charge is -2.17. The van der Waals surface area contributed by atoms with Crippen molar-refractivity contribution in [2.24, 2.45) is 0 Å². The van der Waals surface area contributed by atoms with Crippen LogP contribution in [0.3, 0.4) is 0 Å². The summed E-state index contributed by atoms with van der Waals surface area (Å²) >= 11 is 5.86. The van der Waals surface area contributed by atoms with Crippen molar-refractivity contribution in [1.29, 1.82) is 0 Å². The summed E-state index contributed by atoms with van der Waals surface area (Å²) in [6.45, 7) is 1.73. The third-order valence-corrected chi connectivity index (χ3v) is 4.73. The molecule has 1 aromatic heterocycles. The minimum absolute atomic E-state index is 0. The largest absolute Gasteiger partial charge is 0.493 e. The van der Waals surface area contributed by atoms with E-state index in [2.05, 4.69) is 20.6 Å². The standard InChI is InChI=1S/C19H18ClFN4O2.2ClH/c1-26-16-7-12-15(8-17(16)27-11-5-6-22-9-11)23-10-24-19(12)25-14-4-2-3-13(20)18(14)21;;/h2-4,7-8,10-11,22H,5-6,9H2,1H3,(H,23,24,25);2*1H/t11-;;/m1../s1. The smallest absolute Gasteiger partial charge is 0.165 e. The van der Waals surface area contributed by atoms with Gasteiger partial charge in [0.25, 0.3) is 0 Å². The van der Waals surface area contributed by atoms with Crippen LogP contribution in [0.5, 0.6) is 11.5 Å². The van der Waals surface area contributed by atoms with Crippen LogP contribution in [0, 0.1) is 5.82 Å². The maximum Gasteiger partial charge on any atom is 0.165 e. The first kappa shape index (κ1) is 23.2. The van der Waals surface area contributed by atoms with Crippen LogP contribution < -0.4 is 20.1 Å². The molecule has 0 amide bonds. The van der Waals surface area contributed by atoms with Gasteiger partial charge in [0, 0.05) is 18.0 Å². The molecule has 2 heterocycles. The lowest BCUT2D eigenvalue weighted by Crippen LogP contribution is -2.19. The molecule has 1 aliphatic heterocycles. The molecule has 10 heteroatoms. The molecule has 2 aromatic carbocycles. The number of anilines is 2. The molecule has 0 aliphatic carbocycles. The SMILES string of the molecule is COc1cc2c(Nc3cccc(Cl)c3F)ncnc2cc1O[C@@H]1CCNC1.Cl.Cl. The molecule has 1 atom stereocenters. The van der Waals surface area contributed by atoms with E-state index in [1.54, 1.807) is 25.3 Å². The van der Waals surface area contributed by atoms with Gasteiger partial charge < -0.3 is 20.1 Å². The Balaban J connectivity index is 0.00000150. The van der Waals surface area contributed by atoms with Gasteiger partial charge >= 0.3 is 0 Å². The average Bonchev–Trinajstić information content (AvgIpc) is 3.18. The summed E-state index contributed by atoms with van der Waals surface area (Å²) in [6.07, 6.45) is 2.45. The van der Waals surface area contributed by atoms with Gasteiger partial charge in [-0.2, -0.15) is 0 Å². The van der Waals surface area contributed by atoms with Crippen molar-refractivity contribution in [1.82, 2.24) is 15.3 Å². The summed E-state index contributed by atoms with van der Waals surface area (Å²) in [7, 11) is 1.58. The highest BCUT2D eigenvalue weighted by molar-refractivity contribution is 6.31. The highest BCUT2D eigenvalue weighted by atomic mass is 35.5. The fourth-order valence-electron chi connectivity index (χ4n) is 3.05. The number of hydrogen-bond donors (Lipinski definition) is 2. The molecule has 4 rings (SSSR count). The number of hydrogen-bond acceptors (Lipinski definition) is 6. The molecule has 0 saturated carbocycles. The van der Waals surface area contributed by atoms with Gasteiger partial charge in [-0.25, -0.2) is 14.4 Å². The van der Waals surface area contributed by atoms with Crippen LogP contribution in [-0.4, -0.2) is 36.3 Å². The molecular formula is C19H20Cl3FN4O2. The average molecular weight is 462 g/mol. The molecule has 1 aliphatic rings.